The third-order valence-electron chi connectivity index (χ3n) is 3.75. The predicted molar refractivity (Wildman–Crippen MR) is 108 cm³/mol. The molecule has 1 heterocycles. The Balaban J connectivity index is 1.74. The summed E-state index contributed by atoms with van der Waals surface area (Å²) in [7, 11) is 3.35. The molecule has 3 aromatic rings. The maximum atomic E-state index is 6.20. The number of methoxy groups -OCH3 is 1. The molecule has 1 aromatic heterocycles. The molecular weight excluding hydrogens is 457 g/mol. The van der Waals surface area contributed by atoms with Crippen LogP contribution in [0.2, 0.25) is 10.0 Å². The molecule has 0 unspecified atom stereocenters. The molecule has 0 aliphatic heterocycles. The molecule has 142 valence electrons. The number of ether oxygens (including phenoxy) is 2. The molecule has 1 N–H and O–H groups in total. The molecule has 0 radical (unpaired) electrons. The number of hydrogen-bond donors (Lipinski definition) is 1. The summed E-state index contributed by atoms with van der Waals surface area (Å²) >= 11 is 15.7. The molecule has 0 saturated carbocycles. The number of halogens is 3. The zero-order valence-corrected chi connectivity index (χ0v) is 17.6. The Hall–Kier alpha value is -2.03. The van der Waals surface area contributed by atoms with Crippen molar-refractivity contribution in [2.45, 2.75) is 13.2 Å². The minimum Gasteiger partial charge on any atom is -0.493 e. The average molecular weight is 473 g/mol. The highest BCUT2D eigenvalue weighted by molar-refractivity contribution is 9.10. The number of anilines is 1. The first-order valence-electron chi connectivity index (χ1n) is 7.87. The minimum absolute atomic E-state index is 0.285. The number of benzene rings is 2. The molecule has 0 spiro atoms. The first-order valence-corrected chi connectivity index (χ1v) is 9.42. The van der Waals surface area contributed by atoms with Crippen LogP contribution in [0.5, 0.6) is 11.5 Å². The highest BCUT2D eigenvalue weighted by Crippen LogP contribution is 2.37. The number of hydrogen-bond acceptors (Lipinski definition) is 6. The Morgan fingerprint density at radius 1 is 1.22 bits per heavy atom. The number of nitrogens with zero attached hydrogens (tertiary/aromatic N) is 4. The van der Waals surface area contributed by atoms with Crippen molar-refractivity contribution in [2.24, 2.45) is 7.05 Å². The van der Waals surface area contributed by atoms with Gasteiger partial charge in [0.25, 0.3) is 0 Å². The number of aryl methyl sites for hydroxylation is 1. The van der Waals surface area contributed by atoms with Crippen LogP contribution in [0.4, 0.5) is 5.95 Å². The summed E-state index contributed by atoms with van der Waals surface area (Å²) in [4.78, 5) is 0. The van der Waals surface area contributed by atoms with Gasteiger partial charge in [0.1, 0.15) is 6.61 Å². The lowest BCUT2D eigenvalue weighted by Crippen LogP contribution is -2.06. The van der Waals surface area contributed by atoms with Crippen molar-refractivity contribution in [3.8, 4) is 11.5 Å². The topological polar surface area (TPSA) is 74.1 Å². The highest BCUT2D eigenvalue weighted by Gasteiger charge is 2.13. The Kier molecular flexibility index (Phi) is 6.41. The summed E-state index contributed by atoms with van der Waals surface area (Å²) in [6.07, 6.45) is 0. The van der Waals surface area contributed by atoms with Crippen LogP contribution < -0.4 is 14.8 Å². The molecule has 3 rings (SSSR count). The van der Waals surface area contributed by atoms with Crippen molar-refractivity contribution in [2.75, 3.05) is 12.4 Å². The van der Waals surface area contributed by atoms with Gasteiger partial charge in [0.15, 0.2) is 11.5 Å². The van der Waals surface area contributed by atoms with Gasteiger partial charge in [-0.05, 0) is 56.2 Å². The molecule has 0 aliphatic carbocycles. The van der Waals surface area contributed by atoms with E-state index in [2.05, 4.69) is 36.8 Å². The Bertz CT molecular complexity index is 951. The van der Waals surface area contributed by atoms with Crippen molar-refractivity contribution in [3.63, 3.8) is 0 Å². The maximum Gasteiger partial charge on any atom is 0.242 e. The summed E-state index contributed by atoms with van der Waals surface area (Å²) in [5.74, 6) is 1.76. The van der Waals surface area contributed by atoms with E-state index in [-0.39, 0.29) is 6.61 Å². The van der Waals surface area contributed by atoms with Gasteiger partial charge in [-0.15, -0.1) is 0 Å². The molecule has 10 heteroatoms. The first kappa shape index (κ1) is 19.7. The van der Waals surface area contributed by atoms with E-state index in [9.17, 15) is 0 Å². The van der Waals surface area contributed by atoms with E-state index in [1.54, 1.807) is 31.0 Å². The summed E-state index contributed by atoms with van der Waals surface area (Å²) < 4.78 is 13.7. The van der Waals surface area contributed by atoms with Gasteiger partial charge in [-0.25, -0.2) is 4.68 Å². The average Bonchev–Trinajstić information content (AvgIpc) is 3.05. The van der Waals surface area contributed by atoms with Gasteiger partial charge in [-0.3, -0.25) is 0 Å². The summed E-state index contributed by atoms with van der Waals surface area (Å²) in [5, 5.41) is 15.6. The van der Waals surface area contributed by atoms with E-state index in [1.807, 2.05) is 18.2 Å². The standard InChI is InChI=1S/C17H16BrCl2N5O2/c1-25-17(22-23-24-25)21-8-10-5-13(18)16(15(6-10)26-2)27-9-11-3-4-12(19)7-14(11)20/h3-7H,8-9H2,1-2H3,(H,21,22,24). The normalized spacial score (nSPS) is 10.7. The first-order chi connectivity index (χ1) is 13.0. The molecule has 0 atom stereocenters. The zero-order valence-electron chi connectivity index (χ0n) is 14.5. The van der Waals surface area contributed by atoms with Crippen molar-refractivity contribution in [1.29, 1.82) is 0 Å². The van der Waals surface area contributed by atoms with Gasteiger partial charge in [-0.2, -0.15) is 0 Å². The smallest absolute Gasteiger partial charge is 0.242 e. The van der Waals surface area contributed by atoms with E-state index < -0.39 is 0 Å². The Morgan fingerprint density at radius 3 is 2.70 bits per heavy atom. The molecule has 0 fully saturated rings. The van der Waals surface area contributed by atoms with Gasteiger partial charge in [0, 0.05) is 29.2 Å². The second-order valence-corrected chi connectivity index (χ2v) is 7.31. The van der Waals surface area contributed by atoms with Crippen molar-refractivity contribution < 1.29 is 9.47 Å². The molecular formula is C17H16BrCl2N5O2. The van der Waals surface area contributed by atoms with Gasteiger partial charge in [0.05, 0.1) is 11.6 Å². The van der Waals surface area contributed by atoms with Crippen molar-refractivity contribution in [3.05, 3.63) is 56.0 Å². The van der Waals surface area contributed by atoms with Crippen LogP contribution >= 0.6 is 39.1 Å². The predicted octanol–water partition coefficient (Wildman–Crippen LogP) is 4.48. The Labute approximate surface area is 174 Å². The van der Waals surface area contributed by atoms with Crippen LogP contribution in [0.1, 0.15) is 11.1 Å². The largest absolute Gasteiger partial charge is 0.493 e. The molecule has 0 saturated heterocycles. The van der Waals surface area contributed by atoms with Crippen LogP contribution in [0, 0.1) is 0 Å². The van der Waals surface area contributed by atoms with Gasteiger partial charge < -0.3 is 14.8 Å². The van der Waals surface area contributed by atoms with Crippen LogP contribution in [0.3, 0.4) is 0 Å². The van der Waals surface area contributed by atoms with Crippen LogP contribution in [-0.4, -0.2) is 27.3 Å². The second-order valence-electron chi connectivity index (χ2n) is 5.61. The third kappa shape index (κ3) is 4.82. The fourth-order valence-electron chi connectivity index (χ4n) is 2.36. The van der Waals surface area contributed by atoms with Crippen molar-refractivity contribution in [1.82, 2.24) is 20.2 Å². The lowest BCUT2D eigenvalue weighted by atomic mass is 10.2. The lowest BCUT2D eigenvalue weighted by molar-refractivity contribution is 0.282. The fourth-order valence-corrected chi connectivity index (χ4v) is 3.43. The number of nitrogens with one attached hydrogen (secondary N) is 1. The maximum absolute atomic E-state index is 6.20. The van der Waals surface area contributed by atoms with E-state index in [1.165, 1.54) is 0 Å². The third-order valence-corrected chi connectivity index (χ3v) is 4.92. The van der Waals surface area contributed by atoms with E-state index >= 15 is 0 Å². The zero-order chi connectivity index (χ0) is 19.4. The van der Waals surface area contributed by atoms with E-state index in [4.69, 9.17) is 32.7 Å². The second kappa shape index (κ2) is 8.77. The lowest BCUT2D eigenvalue weighted by Gasteiger charge is -2.15. The number of aromatic nitrogens is 4. The number of rotatable bonds is 7. The summed E-state index contributed by atoms with van der Waals surface area (Å²) in [6.45, 7) is 0.805. The summed E-state index contributed by atoms with van der Waals surface area (Å²) in [6, 6.07) is 9.12. The molecule has 2 aromatic carbocycles. The summed E-state index contributed by atoms with van der Waals surface area (Å²) in [5.41, 5.74) is 1.80. The quantitative estimate of drug-likeness (QED) is 0.546. The molecule has 0 bridgehead atoms. The monoisotopic (exact) mass is 471 g/mol. The van der Waals surface area contributed by atoms with E-state index in [0.717, 1.165) is 15.6 Å². The van der Waals surface area contributed by atoms with Gasteiger partial charge in [0.2, 0.25) is 5.95 Å². The molecule has 0 amide bonds. The van der Waals surface area contributed by atoms with E-state index in [0.29, 0.717) is 34.0 Å². The van der Waals surface area contributed by atoms with Crippen LogP contribution in [0.25, 0.3) is 0 Å². The minimum atomic E-state index is 0.285. The fraction of sp³-hybridized carbons (Fsp3) is 0.235. The molecule has 27 heavy (non-hydrogen) atoms. The number of tetrazole rings is 1. The Morgan fingerprint density at radius 2 is 2.04 bits per heavy atom. The van der Waals surface area contributed by atoms with Crippen LogP contribution in [-0.2, 0) is 20.2 Å². The van der Waals surface area contributed by atoms with Crippen LogP contribution in [0.15, 0.2) is 34.8 Å². The highest BCUT2D eigenvalue weighted by atomic mass is 79.9. The molecule has 0 aliphatic rings. The van der Waals surface area contributed by atoms with Crippen molar-refractivity contribution >= 4 is 45.1 Å². The SMILES string of the molecule is COc1cc(CNc2nnnn2C)cc(Br)c1OCc1ccc(Cl)cc1Cl. The van der Waals surface area contributed by atoms with Gasteiger partial charge in [-0.1, -0.05) is 34.4 Å². The van der Waals surface area contributed by atoms with Gasteiger partial charge >= 0.3 is 0 Å². The molecule has 7 nitrogen and oxygen atoms in total.